The molecule has 0 aromatic heterocycles. The summed E-state index contributed by atoms with van der Waals surface area (Å²) in [5, 5.41) is 0.904. The van der Waals surface area contributed by atoms with Crippen molar-refractivity contribution in [3.8, 4) is 0 Å². The highest BCUT2D eigenvalue weighted by Gasteiger charge is 2.24. The van der Waals surface area contributed by atoms with Crippen LogP contribution in [0.5, 0.6) is 0 Å². The monoisotopic (exact) mass is 294 g/mol. The maximum absolute atomic E-state index is 5.40. The van der Waals surface area contributed by atoms with E-state index in [0.29, 0.717) is 0 Å². The molecule has 0 spiro atoms. The summed E-state index contributed by atoms with van der Waals surface area (Å²) >= 11 is 7.12. The minimum absolute atomic E-state index is 0.0479. The van der Waals surface area contributed by atoms with Gasteiger partial charge in [0.2, 0.25) is 0 Å². The van der Waals surface area contributed by atoms with Gasteiger partial charge in [-0.2, -0.15) is 0 Å². The summed E-state index contributed by atoms with van der Waals surface area (Å²) in [7, 11) is 0. The van der Waals surface area contributed by atoms with Crippen LogP contribution in [0.4, 0.5) is 0 Å². The lowest BCUT2D eigenvalue weighted by Crippen LogP contribution is -2.21. The lowest BCUT2D eigenvalue weighted by atomic mass is 10.0. The van der Waals surface area contributed by atoms with Crippen LogP contribution in [-0.4, -0.2) is 16.3 Å². The van der Waals surface area contributed by atoms with Gasteiger partial charge in [-0.05, 0) is 25.5 Å². The molecule has 0 aromatic rings. The van der Waals surface area contributed by atoms with Crippen LogP contribution in [0.25, 0.3) is 0 Å². The molecular weight excluding hydrogens is 284 g/mol. The normalized spacial score (nSPS) is 28.4. The molecule has 0 saturated carbocycles. The summed E-state index contributed by atoms with van der Waals surface area (Å²) in [6.45, 7) is 2.72. The van der Waals surface area contributed by atoms with Crippen LogP contribution < -0.4 is 0 Å². The topological polar surface area (TPSA) is 9.23 Å². The second-order valence-corrected chi connectivity index (χ2v) is 4.89. The molecule has 1 rings (SSSR count). The third-order valence-electron chi connectivity index (χ3n) is 1.67. The molecule has 1 unspecified atom stereocenters. The number of rotatable bonds is 3. The van der Waals surface area contributed by atoms with Gasteiger partial charge in [-0.15, -0.1) is 0 Å². The molecule has 12 heavy (non-hydrogen) atoms. The van der Waals surface area contributed by atoms with Gasteiger partial charge in [0, 0.05) is 5.33 Å². The van der Waals surface area contributed by atoms with Crippen molar-refractivity contribution in [2.24, 2.45) is 0 Å². The van der Waals surface area contributed by atoms with Gasteiger partial charge in [-0.3, -0.25) is 0 Å². The maximum atomic E-state index is 5.40. The van der Waals surface area contributed by atoms with E-state index in [1.165, 1.54) is 0 Å². The molecule has 0 N–H and O–H groups in total. The van der Waals surface area contributed by atoms with Crippen LogP contribution in [0.1, 0.15) is 13.3 Å². The Labute approximate surface area is 90.1 Å². The number of halogens is 2. The standard InChI is InChI=1S/C9H12Br2O/c1-2-12-8-4-3-5-9(11,6-8)7-10/h3-4,6H,2,5,7H2,1H3. The smallest absolute Gasteiger partial charge is 0.116 e. The van der Waals surface area contributed by atoms with Crippen LogP contribution in [0.3, 0.4) is 0 Å². The van der Waals surface area contributed by atoms with Gasteiger partial charge in [-0.1, -0.05) is 37.9 Å². The first kappa shape index (κ1) is 10.3. The van der Waals surface area contributed by atoms with Crippen molar-refractivity contribution in [2.75, 3.05) is 11.9 Å². The van der Waals surface area contributed by atoms with Crippen LogP contribution in [0.15, 0.2) is 24.0 Å². The Balaban J connectivity index is 2.68. The van der Waals surface area contributed by atoms with Gasteiger partial charge in [0.1, 0.15) is 5.76 Å². The molecule has 0 amide bonds. The van der Waals surface area contributed by atoms with E-state index in [2.05, 4.69) is 44.0 Å². The van der Waals surface area contributed by atoms with Crippen LogP contribution >= 0.6 is 31.9 Å². The third-order valence-corrected chi connectivity index (χ3v) is 4.26. The lowest BCUT2D eigenvalue weighted by molar-refractivity contribution is 0.239. The number of alkyl halides is 2. The average molecular weight is 296 g/mol. The van der Waals surface area contributed by atoms with E-state index >= 15 is 0 Å². The van der Waals surface area contributed by atoms with E-state index in [-0.39, 0.29) is 4.32 Å². The molecule has 1 aliphatic rings. The second-order valence-electron chi connectivity index (χ2n) is 2.75. The number of hydrogen-bond donors (Lipinski definition) is 0. The number of allylic oxidation sites excluding steroid dienone is 3. The third kappa shape index (κ3) is 2.63. The molecule has 0 bridgehead atoms. The summed E-state index contributed by atoms with van der Waals surface area (Å²) in [6.07, 6.45) is 7.27. The average Bonchev–Trinajstić information content (AvgIpc) is 2.05. The minimum atomic E-state index is 0.0479. The molecule has 68 valence electrons. The predicted molar refractivity (Wildman–Crippen MR) is 58.9 cm³/mol. The molecule has 0 heterocycles. The van der Waals surface area contributed by atoms with Gasteiger partial charge in [0.15, 0.2) is 0 Å². The molecule has 0 aliphatic heterocycles. The zero-order valence-corrected chi connectivity index (χ0v) is 10.2. The van der Waals surface area contributed by atoms with Gasteiger partial charge in [0.05, 0.1) is 10.9 Å². The largest absolute Gasteiger partial charge is 0.494 e. The second kappa shape index (κ2) is 4.47. The van der Waals surface area contributed by atoms with Crippen LogP contribution in [0.2, 0.25) is 0 Å². The molecular formula is C9H12Br2O. The highest BCUT2D eigenvalue weighted by molar-refractivity contribution is 9.12. The van der Waals surface area contributed by atoms with Crippen molar-refractivity contribution in [2.45, 2.75) is 17.7 Å². The molecule has 0 radical (unpaired) electrons. The Morgan fingerprint density at radius 1 is 1.67 bits per heavy atom. The zero-order chi connectivity index (χ0) is 9.03. The molecule has 1 aliphatic carbocycles. The van der Waals surface area contributed by atoms with E-state index in [1.807, 2.05) is 13.0 Å². The molecule has 1 nitrogen and oxygen atoms in total. The van der Waals surface area contributed by atoms with Crippen molar-refractivity contribution in [3.63, 3.8) is 0 Å². The lowest BCUT2D eigenvalue weighted by Gasteiger charge is -2.23. The van der Waals surface area contributed by atoms with E-state index in [4.69, 9.17) is 4.74 Å². The highest BCUT2D eigenvalue weighted by atomic mass is 79.9. The quantitative estimate of drug-likeness (QED) is 0.725. The Morgan fingerprint density at radius 2 is 2.42 bits per heavy atom. The minimum Gasteiger partial charge on any atom is -0.494 e. The fourth-order valence-electron chi connectivity index (χ4n) is 1.08. The summed E-state index contributed by atoms with van der Waals surface area (Å²) in [4.78, 5) is 0. The van der Waals surface area contributed by atoms with Crippen molar-refractivity contribution in [1.29, 1.82) is 0 Å². The molecule has 3 heteroatoms. The summed E-state index contributed by atoms with van der Waals surface area (Å²) < 4.78 is 5.45. The van der Waals surface area contributed by atoms with E-state index in [0.717, 1.165) is 24.1 Å². The summed E-state index contributed by atoms with van der Waals surface area (Å²) in [6, 6.07) is 0. The van der Waals surface area contributed by atoms with Crippen molar-refractivity contribution in [3.05, 3.63) is 24.0 Å². The van der Waals surface area contributed by atoms with Gasteiger partial charge in [0.25, 0.3) is 0 Å². The first-order chi connectivity index (χ1) is 5.70. The Kier molecular flexibility index (Phi) is 3.84. The molecule has 1 atom stereocenters. The molecule has 0 fully saturated rings. The number of hydrogen-bond acceptors (Lipinski definition) is 1. The van der Waals surface area contributed by atoms with Crippen molar-refractivity contribution < 1.29 is 4.74 Å². The van der Waals surface area contributed by atoms with Crippen LogP contribution in [0, 0.1) is 0 Å². The summed E-state index contributed by atoms with van der Waals surface area (Å²) in [5.74, 6) is 0.958. The first-order valence-electron chi connectivity index (χ1n) is 3.97. The SMILES string of the molecule is CCOC1=CC(Br)(CBr)CC=C1. The van der Waals surface area contributed by atoms with E-state index < -0.39 is 0 Å². The molecule has 0 saturated heterocycles. The van der Waals surface area contributed by atoms with Crippen LogP contribution in [-0.2, 0) is 4.74 Å². The summed E-state index contributed by atoms with van der Waals surface area (Å²) in [5.41, 5.74) is 0. The Morgan fingerprint density at radius 3 is 3.00 bits per heavy atom. The van der Waals surface area contributed by atoms with Gasteiger partial charge < -0.3 is 4.74 Å². The zero-order valence-electron chi connectivity index (χ0n) is 7.02. The van der Waals surface area contributed by atoms with Gasteiger partial charge in [-0.25, -0.2) is 0 Å². The fraction of sp³-hybridized carbons (Fsp3) is 0.556. The fourth-order valence-corrected chi connectivity index (χ4v) is 1.89. The maximum Gasteiger partial charge on any atom is 0.116 e. The van der Waals surface area contributed by atoms with Crippen molar-refractivity contribution in [1.82, 2.24) is 0 Å². The highest BCUT2D eigenvalue weighted by Crippen LogP contribution is 2.32. The van der Waals surface area contributed by atoms with Crippen molar-refractivity contribution >= 4 is 31.9 Å². The Hall–Kier alpha value is 0.240. The first-order valence-corrected chi connectivity index (χ1v) is 5.89. The van der Waals surface area contributed by atoms with E-state index in [9.17, 15) is 0 Å². The number of ether oxygens (including phenoxy) is 1. The predicted octanol–water partition coefficient (Wildman–Crippen LogP) is 3.40. The van der Waals surface area contributed by atoms with E-state index in [1.54, 1.807) is 0 Å². The van der Waals surface area contributed by atoms with Gasteiger partial charge >= 0.3 is 0 Å². The molecule has 0 aromatic carbocycles. The Bertz CT molecular complexity index is 211.